The van der Waals surface area contributed by atoms with E-state index in [2.05, 4.69) is 4.99 Å². The molecular formula is C32H29ClN2O6S. The zero-order valence-electron chi connectivity index (χ0n) is 23.5. The number of fused-ring (bicyclic) bond motifs is 1. The van der Waals surface area contributed by atoms with Crippen molar-refractivity contribution in [3.63, 3.8) is 0 Å². The lowest BCUT2D eigenvalue weighted by Gasteiger charge is -2.26. The lowest BCUT2D eigenvalue weighted by Crippen LogP contribution is -2.40. The van der Waals surface area contributed by atoms with Gasteiger partial charge in [-0.15, -0.1) is 0 Å². The van der Waals surface area contributed by atoms with E-state index in [-0.39, 0.29) is 17.7 Å². The van der Waals surface area contributed by atoms with Crippen molar-refractivity contribution in [3.8, 4) is 17.2 Å². The largest absolute Gasteiger partial charge is 0.497 e. The smallest absolute Gasteiger partial charge is 0.338 e. The molecule has 4 aromatic rings. The number of carbonyl (C=O) groups is 1. The third kappa shape index (κ3) is 5.98. The minimum absolute atomic E-state index is 0.179. The summed E-state index contributed by atoms with van der Waals surface area (Å²) in [4.78, 5) is 32.3. The van der Waals surface area contributed by atoms with E-state index in [1.165, 1.54) is 23.0 Å². The van der Waals surface area contributed by atoms with Gasteiger partial charge in [0.15, 0.2) is 4.80 Å². The third-order valence-electron chi connectivity index (χ3n) is 6.72. The van der Waals surface area contributed by atoms with Crippen LogP contribution in [0.4, 0.5) is 0 Å². The van der Waals surface area contributed by atoms with Crippen LogP contribution in [-0.2, 0) is 16.1 Å². The molecule has 0 N–H and O–H groups in total. The second-order valence-corrected chi connectivity index (χ2v) is 10.8. The number of nitrogens with zero attached hydrogens (tertiary/aromatic N) is 2. The molecule has 0 saturated carbocycles. The van der Waals surface area contributed by atoms with Crippen molar-refractivity contribution < 1.29 is 23.7 Å². The number of ether oxygens (including phenoxy) is 4. The van der Waals surface area contributed by atoms with Gasteiger partial charge < -0.3 is 18.9 Å². The van der Waals surface area contributed by atoms with Gasteiger partial charge >= 0.3 is 5.97 Å². The molecule has 5 rings (SSSR count). The Hall–Kier alpha value is -4.34. The molecule has 1 aromatic heterocycles. The molecule has 8 nitrogen and oxygen atoms in total. The molecule has 0 radical (unpaired) electrons. The molecule has 0 aliphatic carbocycles. The Morgan fingerprint density at radius 3 is 2.55 bits per heavy atom. The molecule has 1 aliphatic heterocycles. The summed E-state index contributed by atoms with van der Waals surface area (Å²) in [5.74, 6) is 1.16. The van der Waals surface area contributed by atoms with E-state index < -0.39 is 12.0 Å². The van der Waals surface area contributed by atoms with Gasteiger partial charge in [0, 0.05) is 10.6 Å². The van der Waals surface area contributed by atoms with Crippen LogP contribution in [0.1, 0.15) is 36.6 Å². The molecule has 0 fully saturated rings. The molecule has 1 atom stereocenters. The summed E-state index contributed by atoms with van der Waals surface area (Å²) in [7, 11) is 3.09. The Morgan fingerprint density at radius 1 is 1.05 bits per heavy atom. The molecule has 42 heavy (non-hydrogen) atoms. The molecule has 0 bridgehead atoms. The molecule has 3 aromatic carbocycles. The van der Waals surface area contributed by atoms with Gasteiger partial charge in [-0.2, -0.15) is 0 Å². The van der Waals surface area contributed by atoms with Crippen molar-refractivity contribution in [1.29, 1.82) is 0 Å². The summed E-state index contributed by atoms with van der Waals surface area (Å²) in [6, 6.07) is 19.4. The first-order valence-corrected chi connectivity index (χ1v) is 14.4. The summed E-state index contributed by atoms with van der Waals surface area (Å²) in [5.41, 5.74) is 2.79. The van der Waals surface area contributed by atoms with Gasteiger partial charge in [-0.1, -0.05) is 47.2 Å². The number of benzene rings is 3. The fourth-order valence-corrected chi connectivity index (χ4v) is 5.90. The van der Waals surface area contributed by atoms with Crippen LogP contribution in [0, 0.1) is 0 Å². The van der Waals surface area contributed by atoms with Crippen LogP contribution in [0.3, 0.4) is 0 Å². The maximum Gasteiger partial charge on any atom is 0.338 e. The molecule has 0 saturated heterocycles. The standard InChI is InChI=1S/C32H29ClN2O6S/c1-5-40-31(37)28-19(2)34-32-35(29(28)25-17-23(38-3)13-14-26(25)39-4)30(36)27(42-32)16-21-7-6-8-24(15-21)41-18-20-9-11-22(33)12-10-20/h6-17,29H,5,18H2,1-4H3/b27-16-/t29-/m0/s1. The second kappa shape index (κ2) is 12.7. The number of aromatic nitrogens is 1. The van der Waals surface area contributed by atoms with E-state index in [0.717, 1.165) is 11.1 Å². The van der Waals surface area contributed by atoms with E-state index in [9.17, 15) is 9.59 Å². The van der Waals surface area contributed by atoms with E-state index in [1.807, 2.05) is 48.5 Å². The van der Waals surface area contributed by atoms with Crippen LogP contribution in [0.2, 0.25) is 5.02 Å². The Labute approximate surface area is 251 Å². The van der Waals surface area contributed by atoms with Crippen molar-refractivity contribution in [3.05, 3.63) is 119 Å². The molecule has 10 heteroatoms. The predicted octanol–water partition coefficient (Wildman–Crippen LogP) is 5.05. The van der Waals surface area contributed by atoms with Crippen LogP contribution < -0.4 is 29.1 Å². The highest BCUT2D eigenvalue weighted by atomic mass is 35.5. The zero-order valence-corrected chi connectivity index (χ0v) is 25.1. The fourth-order valence-electron chi connectivity index (χ4n) is 4.73. The van der Waals surface area contributed by atoms with Crippen molar-refractivity contribution >= 4 is 35.0 Å². The maximum atomic E-state index is 14.0. The molecule has 0 unspecified atom stereocenters. The van der Waals surface area contributed by atoms with Gasteiger partial charge in [-0.25, -0.2) is 9.79 Å². The Bertz CT molecular complexity index is 1840. The molecule has 0 amide bonds. The van der Waals surface area contributed by atoms with Crippen LogP contribution >= 0.6 is 22.9 Å². The number of carbonyl (C=O) groups excluding carboxylic acids is 1. The summed E-state index contributed by atoms with van der Waals surface area (Å²) < 4.78 is 24.5. The first-order valence-electron chi connectivity index (χ1n) is 13.2. The SMILES string of the molecule is CCOC(=O)C1=C(C)N=c2s/c(=C\c3cccc(OCc4ccc(Cl)cc4)c3)c(=O)n2[C@H]1c1cc(OC)ccc1OC. The van der Waals surface area contributed by atoms with E-state index >= 15 is 0 Å². The highest BCUT2D eigenvalue weighted by Crippen LogP contribution is 2.37. The average molecular weight is 605 g/mol. The number of esters is 1. The van der Waals surface area contributed by atoms with Gasteiger partial charge in [0.25, 0.3) is 5.56 Å². The minimum atomic E-state index is -0.832. The average Bonchev–Trinajstić information content (AvgIpc) is 3.29. The van der Waals surface area contributed by atoms with Crippen molar-refractivity contribution in [2.75, 3.05) is 20.8 Å². The van der Waals surface area contributed by atoms with Crippen LogP contribution in [0.15, 0.2) is 87.8 Å². The topological polar surface area (TPSA) is 88.4 Å². The molecule has 1 aliphatic rings. The molecule has 2 heterocycles. The molecular weight excluding hydrogens is 576 g/mol. The molecule has 216 valence electrons. The lowest BCUT2D eigenvalue weighted by atomic mass is 9.94. The van der Waals surface area contributed by atoms with E-state index in [4.69, 9.17) is 30.5 Å². The number of methoxy groups -OCH3 is 2. The quantitative estimate of drug-likeness (QED) is 0.249. The number of hydrogen-bond acceptors (Lipinski definition) is 8. The van der Waals surface area contributed by atoms with Gasteiger partial charge in [0.05, 0.1) is 36.6 Å². The minimum Gasteiger partial charge on any atom is -0.497 e. The molecule has 0 spiro atoms. The number of rotatable bonds is 9. The van der Waals surface area contributed by atoms with Crippen molar-refractivity contribution in [1.82, 2.24) is 4.57 Å². The van der Waals surface area contributed by atoms with Gasteiger partial charge in [-0.3, -0.25) is 9.36 Å². The van der Waals surface area contributed by atoms with E-state index in [1.54, 1.807) is 45.2 Å². The number of thiazole rings is 1. The normalized spacial score (nSPS) is 14.7. The Balaban J connectivity index is 1.59. The van der Waals surface area contributed by atoms with Gasteiger partial charge in [0.2, 0.25) is 0 Å². The number of halogens is 1. The van der Waals surface area contributed by atoms with Gasteiger partial charge in [0.1, 0.15) is 29.9 Å². The Kier molecular flexibility index (Phi) is 8.80. The second-order valence-electron chi connectivity index (χ2n) is 9.40. The van der Waals surface area contributed by atoms with E-state index in [0.29, 0.717) is 49.5 Å². The third-order valence-corrected chi connectivity index (χ3v) is 7.96. The number of hydrogen-bond donors (Lipinski definition) is 0. The zero-order chi connectivity index (χ0) is 29.8. The summed E-state index contributed by atoms with van der Waals surface area (Å²) >= 11 is 7.22. The van der Waals surface area contributed by atoms with Crippen molar-refractivity contribution in [2.45, 2.75) is 26.5 Å². The predicted molar refractivity (Wildman–Crippen MR) is 162 cm³/mol. The Morgan fingerprint density at radius 2 is 1.83 bits per heavy atom. The highest BCUT2D eigenvalue weighted by molar-refractivity contribution is 7.07. The van der Waals surface area contributed by atoms with Crippen molar-refractivity contribution in [2.24, 2.45) is 4.99 Å². The first-order chi connectivity index (χ1) is 20.3. The highest BCUT2D eigenvalue weighted by Gasteiger charge is 2.35. The maximum absolute atomic E-state index is 14.0. The summed E-state index contributed by atoms with van der Waals surface area (Å²) in [6.07, 6.45) is 1.79. The summed E-state index contributed by atoms with van der Waals surface area (Å²) in [5, 5.41) is 0.666. The first kappa shape index (κ1) is 29.2. The van der Waals surface area contributed by atoms with Crippen LogP contribution in [-0.4, -0.2) is 31.4 Å². The number of allylic oxidation sites excluding steroid dienone is 1. The lowest BCUT2D eigenvalue weighted by molar-refractivity contribution is -0.139. The fraction of sp³-hybridized carbons (Fsp3) is 0.219. The van der Waals surface area contributed by atoms with Gasteiger partial charge in [-0.05, 0) is 73.5 Å². The summed E-state index contributed by atoms with van der Waals surface area (Å²) in [6.45, 7) is 4.03. The van der Waals surface area contributed by atoms with Crippen LogP contribution in [0.25, 0.3) is 6.08 Å². The van der Waals surface area contributed by atoms with Crippen LogP contribution in [0.5, 0.6) is 17.2 Å². The monoisotopic (exact) mass is 604 g/mol.